The van der Waals surface area contributed by atoms with E-state index in [1.165, 1.54) is 31.6 Å². The Bertz CT molecular complexity index is 1110. The van der Waals surface area contributed by atoms with Crippen molar-refractivity contribution < 1.29 is 9.13 Å². The van der Waals surface area contributed by atoms with E-state index in [9.17, 15) is 9.18 Å². The van der Waals surface area contributed by atoms with Crippen LogP contribution in [0.25, 0.3) is 11.4 Å². The molecule has 1 aliphatic heterocycles. The summed E-state index contributed by atoms with van der Waals surface area (Å²) in [6, 6.07) is 7.82. The molecule has 156 valence electrons. The van der Waals surface area contributed by atoms with Crippen LogP contribution in [0.1, 0.15) is 19.4 Å². The number of halogens is 1. The van der Waals surface area contributed by atoms with Crippen LogP contribution in [0.3, 0.4) is 0 Å². The SMILES string of the molecule is COc1cc(F)ccc1CCN1CC(C)(C)Cn2c1nc(-c1ccncn1)cc2=O. The summed E-state index contributed by atoms with van der Waals surface area (Å²) in [6.45, 7) is 6.22. The number of aromatic nitrogens is 4. The lowest BCUT2D eigenvalue weighted by Gasteiger charge is -2.40. The summed E-state index contributed by atoms with van der Waals surface area (Å²) in [5.74, 6) is 0.811. The predicted molar refractivity (Wildman–Crippen MR) is 112 cm³/mol. The van der Waals surface area contributed by atoms with E-state index in [0.29, 0.717) is 42.6 Å². The van der Waals surface area contributed by atoms with E-state index in [0.717, 1.165) is 12.1 Å². The van der Waals surface area contributed by atoms with Crippen molar-refractivity contribution in [2.24, 2.45) is 5.41 Å². The maximum atomic E-state index is 13.5. The highest BCUT2D eigenvalue weighted by molar-refractivity contribution is 5.55. The van der Waals surface area contributed by atoms with Gasteiger partial charge in [-0.15, -0.1) is 0 Å². The number of fused-ring (bicyclic) bond motifs is 1. The second kappa shape index (κ2) is 7.85. The van der Waals surface area contributed by atoms with Crippen molar-refractivity contribution in [3.05, 3.63) is 64.6 Å². The van der Waals surface area contributed by atoms with Gasteiger partial charge in [-0.2, -0.15) is 0 Å². The Balaban J connectivity index is 1.69. The van der Waals surface area contributed by atoms with Crippen LogP contribution in [0, 0.1) is 11.2 Å². The molecule has 0 atom stereocenters. The first-order chi connectivity index (χ1) is 14.4. The van der Waals surface area contributed by atoms with Gasteiger partial charge < -0.3 is 9.64 Å². The van der Waals surface area contributed by atoms with Crippen LogP contribution in [0.2, 0.25) is 0 Å². The molecule has 1 aliphatic rings. The van der Waals surface area contributed by atoms with Gasteiger partial charge in [-0.3, -0.25) is 9.36 Å². The first kappa shape index (κ1) is 20.0. The smallest absolute Gasteiger partial charge is 0.255 e. The van der Waals surface area contributed by atoms with E-state index in [1.54, 1.807) is 22.9 Å². The molecule has 0 unspecified atom stereocenters. The molecule has 0 N–H and O–H groups in total. The number of methoxy groups -OCH3 is 1. The molecular formula is C22H24FN5O2. The Morgan fingerprint density at radius 1 is 1.17 bits per heavy atom. The molecule has 30 heavy (non-hydrogen) atoms. The van der Waals surface area contributed by atoms with Crippen LogP contribution < -0.4 is 15.2 Å². The van der Waals surface area contributed by atoms with Gasteiger partial charge in [-0.1, -0.05) is 19.9 Å². The van der Waals surface area contributed by atoms with Gasteiger partial charge in [0.2, 0.25) is 5.95 Å². The monoisotopic (exact) mass is 409 g/mol. The van der Waals surface area contributed by atoms with Gasteiger partial charge >= 0.3 is 0 Å². The maximum absolute atomic E-state index is 13.5. The van der Waals surface area contributed by atoms with Crippen molar-refractivity contribution in [1.29, 1.82) is 0 Å². The molecule has 0 bridgehead atoms. The summed E-state index contributed by atoms with van der Waals surface area (Å²) in [5.41, 5.74) is 1.84. The van der Waals surface area contributed by atoms with E-state index in [4.69, 9.17) is 9.72 Å². The Kier molecular flexibility index (Phi) is 5.24. The van der Waals surface area contributed by atoms with Crippen molar-refractivity contribution in [3.8, 4) is 17.1 Å². The van der Waals surface area contributed by atoms with Crippen molar-refractivity contribution in [1.82, 2.24) is 19.5 Å². The Morgan fingerprint density at radius 2 is 2.00 bits per heavy atom. The molecule has 3 heterocycles. The van der Waals surface area contributed by atoms with E-state index < -0.39 is 0 Å². The number of benzene rings is 1. The predicted octanol–water partition coefficient (Wildman–Crippen LogP) is 2.94. The third kappa shape index (κ3) is 4.03. The molecule has 4 rings (SSSR count). The first-order valence-corrected chi connectivity index (χ1v) is 9.82. The van der Waals surface area contributed by atoms with Crippen LogP contribution in [0.5, 0.6) is 5.75 Å². The molecule has 0 saturated heterocycles. The highest BCUT2D eigenvalue weighted by Gasteiger charge is 2.32. The summed E-state index contributed by atoms with van der Waals surface area (Å²) < 4.78 is 20.6. The minimum Gasteiger partial charge on any atom is -0.496 e. The quantitative estimate of drug-likeness (QED) is 0.645. The topological polar surface area (TPSA) is 73.1 Å². The lowest BCUT2D eigenvalue weighted by atomic mass is 9.90. The Morgan fingerprint density at radius 3 is 2.73 bits per heavy atom. The molecule has 0 amide bonds. The molecule has 0 aliphatic carbocycles. The van der Waals surface area contributed by atoms with Gasteiger partial charge in [-0.05, 0) is 24.1 Å². The standard InChI is InChI=1S/C22H24FN5O2/c1-22(2)12-27(9-7-15-4-5-16(23)10-19(15)30-3)21-26-18(11-20(29)28(21)13-22)17-6-8-24-14-25-17/h4-6,8,10-11,14H,7,9,12-13H2,1-3H3. The van der Waals surface area contributed by atoms with Crippen LogP contribution in [0.4, 0.5) is 10.3 Å². The average molecular weight is 409 g/mol. The van der Waals surface area contributed by atoms with Crippen LogP contribution >= 0.6 is 0 Å². The van der Waals surface area contributed by atoms with E-state index in [2.05, 4.69) is 28.7 Å². The van der Waals surface area contributed by atoms with Gasteiger partial charge in [0.05, 0.1) is 18.5 Å². The zero-order valence-corrected chi connectivity index (χ0v) is 17.3. The maximum Gasteiger partial charge on any atom is 0.255 e. The molecule has 1 aromatic carbocycles. The average Bonchev–Trinajstić information content (AvgIpc) is 2.73. The molecule has 2 aromatic heterocycles. The molecule has 7 nitrogen and oxygen atoms in total. The van der Waals surface area contributed by atoms with Crippen molar-refractivity contribution in [2.75, 3.05) is 25.1 Å². The number of ether oxygens (including phenoxy) is 1. The first-order valence-electron chi connectivity index (χ1n) is 9.82. The van der Waals surface area contributed by atoms with Crippen LogP contribution in [0.15, 0.2) is 47.7 Å². The number of hydrogen-bond donors (Lipinski definition) is 0. The van der Waals surface area contributed by atoms with Crippen LogP contribution in [-0.2, 0) is 13.0 Å². The van der Waals surface area contributed by atoms with E-state index in [-0.39, 0.29) is 16.8 Å². The number of nitrogens with zero attached hydrogens (tertiary/aromatic N) is 5. The Labute approximate surface area is 174 Å². The summed E-state index contributed by atoms with van der Waals surface area (Å²) >= 11 is 0. The second-order valence-electron chi connectivity index (χ2n) is 8.25. The zero-order chi connectivity index (χ0) is 21.3. The highest BCUT2D eigenvalue weighted by atomic mass is 19.1. The van der Waals surface area contributed by atoms with Gasteiger partial charge in [0.15, 0.2) is 0 Å². The molecule has 3 aromatic rings. The van der Waals surface area contributed by atoms with E-state index in [1.807, 2.05) is 0 Å². The third-order valence-corrected chi connectivity index (χ3v) is 5.22. The fourth-order valence-electron chi connectivity index (χ4n) is 3.88. The minimum absolute atomic E-state index is 0.0954. The van der Waals surface area contributed by atoms with Crippen molar-refractivity contribution in [3.63, 3.8) is 0 Å². The molecule has 8 heteroatoms. The molecule has 0 radical (unpaired) electrons. The minimum atomic E-state index is -0.331. The lowest BCUT2D eigenvalue weighted by molar-refractivity contribution is 0.274. The van der Waals surface area contributed by atoms with Gasteiger partial charge in [0, 0.05) is 43.4 Å². The zero-order valence-electron chi connectivity index (χ0n) is 17.3. The van der Waals surface area contributed by atoms with Gasteiger partial charge in [0.1, 0.15) is 17.9 Å². The molecule has 0 spiro atoms. The number of hydrogen-bond acceptors (Lipinski definition) is 6. The molecule has 0 saturated carbocycles. The normalized spacial score (nSPS) is 15.0. The van der Waals surface area contributed by atoms with E-state index >= 15 is 0 Å². The number of anilines is 1. The fourth-order valence-corrected chi connectivity index (χ4v) is 3.88. The van der Waals surface area contributed by atoms with Gasteiger partial charge in [-0.25, -0.2) is 19.3 Å². The molecule has 0 fully saturated rings. The van der Waals surface area contributed by atoms with Crippen molar-refractivity contribution in [2.45, 2.75) is 26.8 Å². The summed E-state index contributed by atoms with van der Waals surface area (Å²) in [4.78, 5) is 27.9. The summed E-state index contributed by atoms with van der Waals surface area (Å²) in [7, 11) is 1.53. The highest BCUT2D eigenvalue weighted by Crippen LogP contribution is 2.30. The Hall–Kier alpha value is -3.29. The van der Waals surface area contributed by atoms with Gasteiger partial charge in [0.25, 0.3) is 5.56 Å². The lowest BCUT2D eigenvalue weighted by Crippen LogP contribution is -2.48. The third-order valence-electron chi connectivity index (χ3n) is 5.22. The summed E-state index contributed by atoms with van der Waals surface area (Å²) in [6.07, 6.45) is 3.70. The summed E-state index contributed by atoms with van der Waals surface area (Å²) in [5, 5.41) is 0. The largest absolute Gasteiger partial charge is 0.496 e. The number of rotatable bonds is 5. The second-order valence-corrected chi connectivity index (χ2v) is 8.25. The fraction of sp³-hybridized carbons (Fsp3) is 0.364. The molecular weight excluding hydrogens is 385 g/mol. The van der Waals surface area contributed by atoms with Crippen LogP contribution in [-0.4, -0.2) is 39.7 Å². The van der Waals surface area contributed by atoms with Crippen molar-refractivity contribution >= 4 is 5.95 Å².